The SMILES string of the molecule is CC(C)=CCC1=C(O)c2ccccc2C(=O)C1=O.Cc1cc(=O)c2c(O)c3c(cc2o1)OCC(C)CC3. The van der Waals surface area contributed by atoms with Gasteiger partial charge in [-0.3, -0.25) is 14.4 Å². The number of hydrogen-bond acceptors (Lipinski definition) is 7. The van der Waals surface area contributed by atoms with Crippen LogP contribution in [0.25, 0.3) is 16.7 Å². The molecule has 0 amide bonds. The van der Waals surface area contributed by atoms with Gasteiger partial charge in [0, 0.05) is 34.4 Å². The van der Waals surface area contributed by atoms with Gasteiger partial charge in [-0.2, -0.15) is 0 Å². The molecule has 1 aromatic heterocycles. The molecule has 2 N–H and O–H groups in total. The number of hydrogen-bond donors (Lipinski definition) is 2. The summed E-state index contributed by atoms with van der Waals surface area (Å²) < 4.78 is 11.2. The first-order chi connectivity index (χ1) is 17.6. The van der Waals surface area contributed by atoms with Crippen molar-refractivity contribution in [2.45, 2.75) is 47.0 Å². The van der Waals surface area contributed by atoms with Gasteiger partial charge >= 0.3 is 0 Å². The summed E-state index contributed by atoms with van der Waals surface area (Å²) in [6.07, 6.45) is 3.76. The van der Waals surface area contributed by atoms with Crippen molar-refractivity contribution in [2.24, 2.45) is 5.92 Å². The van der Waals surface area contributed by atoms with Crippen LogP contribution in [-0.4, -0.2) is 28.4 Å². The summed E-state index contributed by atoms with van der Waals surface area (Å²) in [5.41, 5.74) is 2.83. The number of Topliss-reactive ketones (excluding diaryl/α,β-unsaturated/α-hetero) is 2. The van der Waals surface area contributed by atoms with Gasteiger partial charge in [0.1, 0.15) is 34.0 Å². The third-order valence-corrected chi connectivity index (χ3v) is 6.50. The predicted octanol–water partition coefficient (Wildman–Crippen LogP) is 5.85. The molecular formula is C30H30O7. The van der Waals surface area contributed by atoms with Gasteiger partial charge in [0.25, 0.3) is 0 Å². The molecule has 1 aliphatic heterocycles. The lowest BCUT2D eigenvalue weighted by molar-refractivity contribution is -0.112. The normalized spacial score (nSPS) is 16.7. The lowest BCUT2D eigenvalue weighted by Gasteiger charge is -2.16. The van der Waals surface area contributed by atoms with Crippen LogP contribution in [0.3, 0.4) is 0 Å². The molecule has 0 bridgehead atoms. The van der Waals surface area contributed by atoms with Gasteiger partial charge in [0.15, 0.2) is 5.43 Å². The van der Waals surface area contributed by atoms with Crippen LogP contribution in [0.2, 0.25) is 0 Å². The zero-order chi connectivity index (χ0) is 26.9. The van der Waals surface area contributed by atoms with Crippen LogP contribution in [0.15, 0.2) is 62.8 Å². The highest BCUT2D eigenvalue weighted by molar-refractivity contribution is 6.52. The van der Waals surface area contributed by atoms with Gasteiger partial charge < -0.3 is 19.4 Å². The number of phenols is 1. The Morgan fingerprint density at radius 2 is 1.76 bits per heavy atom. The summed E-state index contributed by atoms with van der Waals surface area (Å²) >= 11 is 0. The number of aryl methyl sites for hydroxylation is 1. The Kier molecular flexibility index (Phi) is 7.34. The van der Waals surface area contributed by atoms with Crippen LogP contribution in [0, 0.1) is 12.8 Å². The highest BCUT2D eigenvalue weighted by Crippen LogP contribution is 2.38. The summed E-state index contributed by atoms with van der Waals surface area (Å²) in [7, 11) is 0. The molecular weight excluding hydrogens is 472 g/mol. The van der Waals surface area contributed by atoms with Crippen LogP contribution in [-0.2, 0) is 11.2 Å². The highest BCUT2D eigenvalue weighted by Gasteiger charge is 2.31. The molecule has 192 valence electrons. The van der Waals surface area contributed by atoms with E-state index in [0.29, 0.717) is 47.2 Å². The number of ether oxygens (including phenoxy) is 1. The number of allylic oxidation sites excluding steroid dienone is 3. The molecule has 0 spiro atoms. The first-order valence-corrected chi connectivity index (χ1v) is 12.2. The number of carbonyl (C=O) groups is 2. The maximum Gasteiger partial charge on any atom is 0.234 e. The van der Waals surface area contributed by atoms with E-state index in [1.165, 1.54) is 6.07 Å². The van der Waals surface area contributed by atoms with E-state index in [0.717, 1.165) is 12.0 Å². The summed E-state index contributed by atoms with van der Waals surface area (Å²) in [6.45, 7) is 8.25. The number of rotatable bonds is 2. The molecule has 1 atom stereocenters. The lowest BCUT2D eigenvalue weighted by atomic mass is 9.87. The van der Waals surface area contributed by atoms with E-state index >= 15 is 0 Å². The molecule has 0 saturated heterocycles. The fourth-order valence-electron chi connectivity index (χ4n) is 4.43. The molecule has 5 rings (SSSR count). The lowest BCUT2D eigenvalue weighted by Crippen LogP contribution is -2.23. The molecule has 7 heteroatoms. The van der Waals surface area contributed by atoms with E-state index in [2.05, 4.69) is 6.92 Å². The van der Waals surface area contributed by atoms with E-state index in [4.69, 9.17) is 9.15 Å². The van der Waals surface area contributed by atoms with Crippen LogP contribution in [0.5, 0.6) is 11.5 Å². The summed E-state index contributed by atoms with van der Waals surface area (Å²) in [5.74, 6) is 0.370. The number of aliphatic hydroxyl groups excluding tert-OH is 1. The van der Waals surface area contributed by atoms with Crippen molar-refractivity contribution in [3.63, 3.8) is 0 Å². The maximum atomic E-state index is 12.0. The van der Waals surface area contributed by atoms with Crippen LogP contribution < -0.4 is 10.2 Å². The fraction of sp³-hybridized carbons (Fsp3) is 0.300. The molecule has 0 saturated carbocycles. The Balaban J connectivity index is 0.000000173. The minimum absolute atomic E-state index is 0.00958. The van der Waals surface area contributed by atoms with E-state index < -0.39 is 11.6 Å². The van der Waals surface area contributed by atoms with Crippen LogP contribution in [0.4, 0.5) is 0 Å². The molecule has 2 heterocycles. The van der Waals surface area contributed by atoms with Crippen molar-refractivity contribution in [2.75, 3.05) is 6.61 Å². The van der Waals surface area contributed by atoms with E-state index in [9.17, 15) is 24.6 Å². The number of aliphatic hydroxyl groups is 1. The first-order valence-electron chi connectivity index (χ1n) is 12.2. The maximum absolute atomic E-state index is 12.0. The third-order valence-electron chi connectivity index (χ3n) is 6.50. The van der Waals surface area contributed by atoms with Crippen molar-refractivity contribution in [3.8, 4) is 11.5 Å². The average Bonchev–Trinajstić information content (AvgIpc) is 3.04. The van der Waals surface area contributed by atoms with Gasteiger partial charge in [-0.1, -0.05) is 42.8 Å². The zero-order valence-electron chi connectivity index (χ0n) is 21.4. The summed E-state index contributed by atoms with van der Waals surface area (Å²) in [6, 6.07) is 9.74. The monoisotopic (exact) mass is 502 g/mol. The molecule has 2 aromatic carbocycles. The van der Waals surface area contributed by atoms with E-state index in [-0.39, 0.29) is 39.9 Å². The van der Waals surface area contributed by atoms with Crippen molar-refractivity contribution >= 4 is 28.3 Å². The second kappa shape index (κ2) is 10.5. The zero-order valence-corrected chi connectivity index (χ0v) is 21.4. The van der Waals surface area contributed by atoms with Gasteiger partial charge in [-0.15, -0.1) is 0 Å². The van der Waals surface area contributed by atoms with Crippen molar-refractivity contribution in [3.05, 3.63) is 86.3 Å². The number of aromatic hydroxyl groups is 1. The molecule has 0 radical (unpaired) electrons. The Bertz CT molecular complexity index is 1520. The quantitative estimate of drug-likeness (QED) is 0.334. The molecule has 2 aliphatic rings. The third kappa shape index (κ3) is 5.21. The molecule has 1 aliphatic carbocycles. The second-order valence-electron chi connectivity index (χ2n) is 9.77. The Labute approximate surface area is 214 Å². The minimum Gasteiger partial charge on any atom is -0.507 e. The smallest absolute Gasteiger partial charge is 0.234 e. The number of phenolic OH excluding ortho intramolecular Hbond substituents is 1. The van der Waals surface area contributed by atoms with E-state index in [1.807, 2.05) is 19.9 Å². The predicted molar refractivity (Wildman–Crippen MR) is 141 cm³/mol. The Morgan fingerprint density at radius 3 is 2.46 bits per heavy atom. The number of ketones is 2. The Morgan fingerprint density at radius 1 is 1.05 bits per heavy atom. The molecule has 7 nitrogen and oxygen atoms in total. The van der Waals surface area contributed by atoms with Gasteiger partial charge in [0.05, 0.1) is 6.61 Å². The molecule has 1 unspecified atom stereocenters. The topological polar surface area (TPSA) is 114 Å². The summed E-state index contributed by atoms with van der Waals surface area (Å²) in [4.78, 5) is 35.8. The van der Waals surface area contributed by atoms with Gasteiger partial charge in [-0.25, -0.2) is 0 Å². The number of benzene rings is 2. The molecule has 37 heavy (non-hydrogen) atoms. The first kappa shape index (κ1) is 25.9. The van der Waals surface area contributed by atoms with Crippen LogP contribution >= 0.6 is 0 Å². The van der Waals surface area contributed by atoms with E-state index in [1.54, 1.807) is 37.3 Å². The van der Waals surface area contributed by atoms with Crippen LogP contribution in [0.1, 0.15) is 60.9 Å². The number of carbonyl (C=O) groups excluding carboxylic acids is 2. The van der Waals surface area contributed by atoms with Gasteiger partial charge in [-0.05, 0) is 46.0 Å². The second-order valence-corrected chi connectivity index (χ2v) is 9.77. The van der Waals surface area contributed by atoms with Gasteiger partial charge in [0.2, 0.25) is 11.6 Å². The summed E-state index contributed by atoms with van der Waals surface area (Å²) in [5, 5.41) is 20.7. The number of fused-ring (bicyclic) bond motifs is 3. The van der Waals surface area contributed by atoms with Crippen molar-refractivity contribution in [1.82, 2.24) is 0 Å². The molecule has 0 fully saturated rings. The standard InChI is InChI=1S/C15H16O4.C15H14O3/c1-8-3-4-10-12(18-7-8)6-13-14(15(10)17)11(16)5-9(2)19-13;1-9(2)7-8-12-13(16)10-5-3-4-6-11(10)14(17)15(12)18/h5-6,8,17H,3-4,7H2,1-2H3;3-7,16H,8H2,1-2H3. The van der Waals surface area contributed by atoms with Crippen molar-refractivity contribution < 1.29 is 29.0 Å². The highest BCUT2D eigenvalue weighted by atomic mass is 16.5. The Hall–Kier alpha value is -4.13. The largest absolute Gasteiger partial charge is 0.507 e. The average molecular weight is 503 g/mol. The fourth-order valence-corrected chi connectivity index (χ4v) is 4.43. The minimum atomic E-state index is -0.608. The molecule has 3 aromatic rings. The van der Waals surface area contributed by atoms with Crippen molar-refractivity contribution in [1.29, 1.82) is 0 Å².